The van der Waals surface area contributed by atoms with Crippen molar-refractivity contribution >= 4 is 23.4 Å². The van der Waals surface area contributed by atoms with Gasteiger partial charge in [0.05, 0.1) is 5.69 Å². The lowest BCUT2D eigenvalue weighted by Gasteiger charge is -2.44. The second kappa shape index (κ2) is 7.60. The van der Waals surface area contributed by atoms with Gasteiger partial charge in [0.2, 0.25) is 0 Å². The fourth-order valence-electron chi connectivity index (χ4n) is 3.64. The van der Waals surface area contributed by atoms with Gasteiger partial charge in [0.15, 0.2) is 0 Å². The fourth-order valence-corrected chi connectivity index (χ4v) is 3.77. The van der Waals surface area contributed by atoms with Gasteiger partial charge in [0, 0.05) is 30.2 Å². The normalized spacial score (nSPS) is 25.2. The third-order valence-corrected chi connectivity index (χ3v) is 5.36. The first kappa shape index (κ1) is 17.2. The Morgan fingerprint density at radius 3 is 2.65 bits per heavy atom. The summed E-state index contributed by atoms with van der Waals surface area (Å²) in [7, 11) is 1.73. The molecule has 0 amide bonds. The highest BCUT2D eigenvalue weighted by Crippen LogP contribution is 2.29. The van der Waals surface area contributed by atoms with Crippen LogP contribution in [0, 0.1) is 5.92 Å². The van der Waals surface area contributed by atoms with E-state index >= 15 is 0 Å². The quantitative estimate of drug-likeness (QED) is 0.662. The number of nitrogens with one attached hydrogen (secondary N) is 1. The van der Waals surface area contributed by atoms with Crippen molar-refractivity contribution in [2.75, 3.05) is 32.0 Å². The molecule has 0 spiro atoms. The van der Waals surface area contributed by atoms with E-state index in [9.17, 15) is 0 Å². The maximum Gasteiger partial charge on any atom is 0.290 e. The summed E-state index contributed by atoms with van der Waals surface area (Å²) in [5, 5.41) is 3.89. The van der Waals surface area contributed by atoms with E-state index in [1.165, 1.54) is 32.3 Å². The van der Waals surface area contributed by atoms with Crippen molar-refractivity contribution in [1.82, 2.24) is 14.9 Å². The summed E-state index contributed by atoms with van der Waals surface area (Å²) < 4.78 is 6.16. The Bertz CT molecular complexity index is 787. The first-order valence-electron chi connectivity index (χ1n) is 8.92. The molecule has 0 aliphatic carbocycles. The number of amidine groups is 1. The molecule has 5 rings (SSSR count). The third-order valence-electron chi connectivity index (χ3n) is 5.10. The number of hydrogen-bond donors (Lipinski definition) is 1. The average Bonchev–Trinajstić information content (AvgIpc) is 2.69. The molecule has 3 fully saturated rings. The molecule has 136 valence electrons. The van der Waals surface area contributed by atoms with Crippen LogP contribution in [-0.2, 0) is 4.74 Å². The van der Waals surface area contributed by atoms with Crippen molar-refractivity contribution < 1.29 is 4.74 Å². The summed E-state index contributed by atoms with van der Waals surface area (Å²) in [4.78, 5) is 15.4. The summed E-state index contributed by atoms with van der Waals surface area (Å²) in [6.07, 6.45) is 4.14. The van der Waals surface area contributed by atoms with E-state index < -0.39 is 0 Å². The van der Waals surface area contributed by atoms with Gasteiger partial charge in [-0.05, 0) is 44.0 Å². The molecule has 3 aliphatic heterocycles. The van der Waals surface area contributed by atoms with Crippen LogP contribution >= 0.6 is 11.6 Å². The largest absolute Gasteiger partial charge is 0.460 e. The van der Waals surface area contributed by atoms with E-state index in [1.54, 1.807) is 7.05 Å². The lowest BCUT2D eigenvalue weighted by atomic mass is 9.86. The van der Waals surface area contributed by atoms with E-state index in [-0.39, 0.29) is 6.10 Å². The Hall–Kier alpha value is -2.18. The number of ether oxygens (including phenoxy) is 1. The molecule has 26 heavy (non-hydrogen) atoms. The minimum Gasteiger partial charge on any atom is -0.460 e. The number of nitrogens with zero attached hydrogens (tertiary/aromatic N) is 4. The molecule has 2 aromatic rings. The minimum absolute atomic E-state index is 0.196. The molecule has 2 bridgehead atoms. The standard InChI is InChI=1S/C19H22ClN5O/c1-21-19(26-17-11-25-8-6-14(17)7-9-25)24-18-10-16(22-12-23-18)13-2-4-15(20)5-3-13/h2-5,10,12,14,17H,6-9,11H2,1H3,(H,21,22,23,24)/t17-/m0/s1. The van der Waals surface area contributed by atoms with Crippen LogP contribution in [0.2, 0.25) is 5.02 Å². The number of rotatable bonds is 3. The average molecular weight is 372 g/mol. The second-order valence-electron chi connectivity index (χ2n) is 6.74. The van der Waals surface area contributed by atoms with E-state index in [0.717, 1.165) is 17.8 Å². The Balaban J connectivity index is 1.45. The maximum atomic E-state index is 6.16. The van der Waals surface area contributed by atoms with Crippen molar-refractivity contribution in [3.63, 3.8) is 0 Å². The Kier molecular flexibility index (Phi) is 5.04. The van der Waals surface area contributed by atoms with E-state index in [4.69, 9.17) is 16.3 Å². The van der Waals surface area contributed by atoms with Crippen LogP contribution in [0.25, 0.3) is 11.3 Å². The lowest BCUT2D eigenvalue weighted by molar-refractivity contribution is -0.0146. The van der Waals surface area contributed by atoms with Gasteiger partial charge in [0.25, 0.3) is 6.02 Å². The molecule has 1 N–H and O–H groups in total. The molecule has 3 aliphatic rings. The monoisotopic (exact) mass is 371 g/mol. The third kappa shape index (κ3) is 3.81. The van der Waals surface area contributed by atoms with E-state index in [0.29, 0.717) is 22.8 Å². The second-order valence-corrected chi connectivity index (χ2v) is 7.18. The molecule has 1 aromatic heterocycles. The summed E-state index contributed by atoms with van der Waals surface area (Å²) >= 11 is 5.96. The predicted octanol–water partition coefficient (Wildman–Crippen LogP) is 3.31. The van der Waals surface area contributed by atoms with Gasteiger partial charge in [-0.1, -0.05) is 23.7 Å². The highest BCUT2D eigenvalue weighted by Gasteiger charge is 2.36. The number of halogens is 1. The first-order valence-corrected chi connectivity index (χ1v) is 9.30. The zero-order chi connectivity index (χ0) is 17.9. The van der Waals surface area contributed by atoms with Crippen LogP contribution in [-0.4, -0.2) is 53.7 Å². The highest BCUT2D eigenvalue weighted by molar-refractivity contribution is 6.30. The summed E-state index contributed by atoms with van der Waals surface area (Å²) in [5.41, 5.74) is 1.80. The van der Waals surface area contributed by atoms with Gasteiger partial charge >= 0.3 is 0 Å². The summed E-state index contributed by atoms with van der Waals surface area (Å²) in [5.74, 6) is 1.28. The zero-order valence-electron chi connectivity index (χ0n) is 14.7. The topological polar surface area (TPSA) is 62.6 Å². The minimum atomic E-state index is 0.196. The zero-order valence-corrected chi connectivity index (χ0v) is 15.5. The molecular weight excluding hydrogens is 350 g/mol. The smallest absolute Gasteiger partial charge is 0.290 e. The van der Waals surface area contributed by atoms with Crippen molar-refractivity contribution in [3.8, 4) is 11.3 Å². The molecule has 0 unspecified atom stereocenters. The van der Waals surface area contributed by atoms with Crippen LogP contribution in [0.1, 0.15) is 12.8 Å². The lowest BCUT2D eigenvalue weighted by Crippen LogP contribution is -2.52. The van der Waals surface area contributed by atoms with Gasteiger partial charge in [-0.2, -0.15) is 0 Å². The SMILES string of the molecule is CN=C(Nc1cc(-c2ccc(Cl)cc2)ncn1)O[C@H]1CN2CCC1CC2. The Labute approximate surface area is 158 Å². The van der Waals surface area contributed by atoms with Crippen LogP contribution < -0.4 is 5.32 Å². The van der Waals surface area contributed by atoms with Crippen molar-refractivity contribution in [3.05, 3.63) is 41.7 Å². The number of anilines is 1. The molecular formula is C19H22ClN5O. The van der Waals surface area contributed by atoms with Gasteiger partial charge in [-0.3, -0.25) is 10.2 Å². The molecule has 4 heterocycles. The van der Waals surface area contributed by atoms with Crippen molar-refractivity contribution in [2.24, 2.45) is 10.9 Å². The predicted molar refractivity (Wildman–Crippen MR) is 103 cm³/mol. The first-order chi connectivity index (χ1) is 12.7. The summed E-state index contributed by atoms with van der Waals surface area (Å²) in [6, 6.07) is 9.96. The molecule has 0 radical (unpaired) electrons. The van der Waals surface area contributed by atoms with Crippen LogP contribution in [0.5, 0.6) is 0 Å². The number of fused-ring (bicyclic) bond motifs is 3. The number of aliphatic imine (C=N–C) groups is 1. The highest BCUT2D eigenvalue weighted by atomic mass is 35.5. The number of aromatic nitrogens is 2. The van der Waals surface area contributed by atoms with Crippen LogP contribution in [0.15, 0.2) is 41.7 Å². The molecule has 0 saturated carbocycles. The molecule has 6 nitrogen and oxygen atoms in total. The Morgan fingerprint density at radius 1 is 1.23 bits per heavy atom. The van der Waals surface area contributed by atoms with Crippen LogP contribution in [0.3, 0.4) is 0 Å². The van der Waals surface area contributed by atoms with E-state index in [1.807, 2.05) is 30.3 Å². The maximum absolute atomic E-state index is 6.16. The van der Waals surface area contributed by atoms with Gasteiger partial charge in [-0.15, -0.1) is 0 Å². The van der Waals surface area contributed by atoms with Gasteiger partial charge < -0.3 is 4.74 Å². The number of piperidine rings is 3. The van der Waals surface area contributed by atoms with Crippen molar-refractivity contribution in [1.29, 1.82) is 0 Å². The Morgan fingerprint density at radius 2 is 2.00 bits per heavy atom. The molecule has 7 heteroatoms. The molecule has 1 aromatic carbocycles. The van der Waals surface area contributed by atoms with Crippen molar-refractivity contribution in [2.45, 2.75) is 18.9 Å². The molecule has 1 atom stereocenters. The summed E-state index contributed by atoms with van der Waals surface area (Å²) in [6.45, 7) is 3.35. The van der Waals surface area contributed by atoms with Gasteiger partial charge in [-0.25, -0.2) is 15.0 Å². The van der Waals surface area contributed by atoms with Gasteiger partial charge in [0.1, 0.15) is 18.2 Å². The number of benzene rings is 1. The molecule has 3 saturated heterocycles. The van der Waals surface area contributed by atoms with E-state index in [2.05, 4.69) is 25.2 Å². The number of hydrogen-bond acceptors (Lipinski definition) is 5. The van der Waals surface area contributed by atoms with Crippen LogP contribution in [0.4, 0.5) is 5.82 Å². The fraction of sp³-hybridized carbons (Fsp3) is 0.421.